The third-order valence-corrected chi connectivity index (χ3v) is 6.25. The van der Waals surface area contributed by atoms with Gasteiger partial charge in [-0.05, 0) is 18.2 Å². The van der Waals surface area contributed by atoms with E-state index in [2.05, 4.69) is 10.9 Å². The lowest BCUT2D eigenvalue weighted by Crippen LogP contribution is -2.12. The van der Waals surface area contributed by atoms with Gasteiger partial charge in [-0.15, -0.1) is 17.8 Å². The van der Waals surface area contributed by atoms with Gasteiger partial charge >= 0.3 is 0 Å². The number of thiophene rings is 1. The van der Waals surface area contributed by atoms with E-state index in [9.17, 15) is 4.79 Å². The number of thioether (sulfide) groups is 1. The lowest BCUT2D eigenvalue weighted by atomic mass is 10.2. The molecule has 25 heavy (non-hydrogen) atoms. The van der Waals surface area contributed by atoms with E-state index in [0.29, 0.717) is 20.8 Å². The van der Waals surface area contributed by atoms with E-state index in [4.69, 9.17) is 18.0 Å². The first kappa shape index (κ1) is 16.2. The molecule has 0 N–H and O–H groups in total. The number of hydrogen-bond acceptors (Lipinski definition) is 4. The summed E-state index contributed by atoms with van der Waals surface area (Å²) in [5, 5.41) is 1.95. The minimum absolute atomic E-state index is 0.181. The Morgan fingerprint density at radius 2 is 2.00 bits per heavy atom. The summed E-state index contributed by atoms with van der Waals surface area (Å²) < 4.78 is 2.59. The highest BCUT2D eigenvalue weighted by atomic mass is 35.5. The zero-order valence-electron chi connectivity index (χ0n) is 12.9. The molecule has 0 aliphatic carbocycles. The molecule has 2 aromatic heterocycles. The number of hydrogen-bond donors (Lipinski definition) is 0. The molecule has 0 aliphatic rings. The molecule has 3 nitrogen and oxygen atoms in total. The lowest BCUT2D eigenvalue weighted by Gasteiger charge is -2.05. The van der Waals surface area contributed by atoms with Gasteiger partial charge in [0.2, 0.25) is 0 Å². The van der Waals surface area contributed by atoms with Crippen molar-refractivity contribution in [2.45, 2.75) is 5.16 Å². The monoisotopic (exact) mass is 382 g/mol. The van der Waals surface area contributed by atoms with E-state index in [1.807, 2.05) is 48.5 Å². The van der Waals surface area contributed by atoms with Crippen LogP contribution in [0, 0.1) is 12.3 Å². The van der Waals surface area contributed by atoms with Gasteiger partial charge in [-0.1, -0.05) is 59.6 Å². The highest BCUT2D eigenvalue weighted by molar-refractivity contribution is 7.99. The van der Waals surface area contributed by atoms with Crippen LogP contribution in [0.4, 0.5) is 0 Å². The predicted octanol–water partition coefficient (Wildman–Crippen LogP) is 5.32. The van der Waals surface area contributed by atoms with Gasteiger partial charge in [-0.3, -0.25) is 9.36 Å². The van der Waals surface area contributed by atoms with Crippen LogP contribution in [-0.2, 0) is 0 Å². The van der Waals surface area contributed by atoms with Crippen LogP contribution in [-0.4, -0.2) is 21.2 Å². The Morgan fingerprint density at radius 3 is 2.80 bits per heavy atom. The minimum Gasteiger partial charge on any atom is -0.267 e. The van der Waals surface area contributed by atoms with Crippen LogP contribution in [0.2, 0.25) is 5.02 Å². The molecule has 4 rings (SSSR count). The predicted molar refractivity (Wildman–Crippen MR) is 106 cm³/mol. The zero-order valence-corrected chi connectivity index (χ0v) is 15.3. The average molecular weight is 383 g/mol. The van der Waals surface area contributed by atoms with Crippen molar-refractivity contribution in [3.63, 3.8) is 0 Å². The van der Waals surface area contributed by atoms with Gasteiger partial charge in [-0.2, -0.15) is 0 Å². The Bertz CT molecular complexity index is 1150. The smallest absolute Gasteiger partial charge is 0.267 e. The summed E-state index contributed by atoms with van der Waals surface area (Å²) in [6.45, 7) is 0. The maximum Gasteiger partial charge on any atom is 0.276 e. The van der Waals surface area contributed by atoms with Gasteiger partial charge in [0.15, 0.2) is 5.16 Å². The zero-order chi connectivity index (χ0) is 17.4. The number of para-hydroxylation sites is 2. The number of aromatic nitrogens is 2. The first-order chi connectivity index (χ1) is 12.2. The topological polar surface area (TPSA) is 34.9 Å². The maximum absolute atomic E-state index is 13.3. The molecule has 0 amide bonds. The van der Waals surface area contributed by atoms with Crippen LogP contribution in [0.15, 0.2) is 53.7 Å². The van der Waals surface area contributed by atoms with Gasteiger partial charge in [0.25, 0.3) is 5.91 Å². The van der Waals surface area contributed by atoms with E-state index < -0.39 is 0 Å². The summed E-state index contributed by atoms with van der Waals surface area (Å²) in [4.78, 5) is 18.3. The molecule has 6 heteroatoms. The number of carbonyl (C=O) groups excluding carboxylic acids is 1. The number of rotatable bonds is 3. The molecule has 0 unspecified atom stereocenters. The maximum atomic E-state index is 13.3. The van der Waals surface area contributed by atoms with E-state index in [0.717, 1.165) is 21.1 Å². The summed E-state index contributed by atoms with van der Waals surface area (Å²) in [7, 11) is 0. The van der Waals surface area contributed by atoms with Gasteiger partial charge in [0.1, 0.15) is 4.88 Å². The van der Waals surface area contributed by atoms with Crippen molar-refractivity contribution >= 4 is 61.7 Å². The lowest BCUT2D eigenvalue weighted by molar-refractivity contribution is 0.0959. The minimum atomic E-state index is -0.181. The third kappa shape index (κ3) is 2.73. The van der Waals surface area contributed by atoms with Gasteiger partial charge in [-0.25, -0.2) is 4.98 Å². The normalized spacial score (nSPS) is 11.0. The fourth-order valence-electron chi connectivity index (χ4n) is 2.66. The van der Waals surface area contributed by atoms with Crippen molar-refractivity contribution in [2.24, 2.45) is 0 Å². The van der Waals surface area contributed by atoms with Gasteiger partial charge in [0.05, 0.1) is 21.8 Å². The van der Waals surface area contributed by atoms with Crippen LogP contribution >= 0.6 is 34.7 Å². The van der Waals surface area contributed by atoms with Crippen molar-refractivity contribution in [2.75, 3.05) is 5.75 Å². The summed E-state index contributed by atoms with van der Waals surface area (Å²) in [6, 6.07) is 15.3. The molecular formula is C19H11ClN2OS2. The third-order valence-electron chi connectivity index (χ3n) is 3.75. The summed E-state index contributed by atoms with van der Waals surface area (Å²) >= 11 is 9.25. The second kappa shape index (κ2) is 6.57. The van der Waals surface area contributed by atoms with Crippen molar-refractivity contribution in [3.05, 3.63) is 58.4 Å². The van der Waals surface area contributed by atoms with Crippen LogP contribution < -0.4 is 0 Å². The number of imidazole rings is 1. The summed E-state index contributed by atoms with van der Waals surface area (Å²) in [5.74, 6) is 2.83. The second-order valence-corrected chi connectivity index (χ2v) is 7.63. The number of carbonyl (C=O) groups is 1. The molecule has 0 saturated heterocycles. The fraction of sp³-hybridized carbons (Fsp3) is 0.0526. The van der Waals surface area contributed by atoms with Gasteiger partial charge in [0, 0.05) is 10.1 Å². The molecule has 0 bridgehead atoms. The van der Waals surface area contributed by atoms with E-state index in [-0.39, 0.29) is 5.91 Å². The van der Waals surface area contributed by atoms with E-state index >= 15 is 0 Å². The molecule has 0 aliphatic heterocycles. The Kier molecular flexibility index (Phi) is 4.26. The Labute approximate surface area is 157 Å². The van der Waals surface area contributed by atoms with Crippen LogP contribution in [0.5, 0.6) is 0 Å². The Balaban J connectivity index is 1.91. The summed E-state index contributed by atoms with van der Waals surface area (Å²) in [6.07, 6.45) is 5.37. The van der Waals surface area contributed by atoms with Crippen molar-refractivity contribution in [3.8, 4) is 12.3 Å². The van der Waals surface area contributed by atoms with Crippen molar-refractivity contribution in [1.82, 2.24) is 9.55 Å². The van der Waals surface area contributed by atoms with Crippen LogP contribution in [0.25, 0.3) is 21.1 Å². The van der Waals surface area contributed by atoms with E-state index in [1.54, 1.807) is 4.57 Å². The van der Waals surface area contributed by atoms with Crippen molar-refractivity contribution in [1.29, 1.82) is 0 Å². The fourth-order valence-corrected chi connectivity index (χ4v) is 4.78. The molecule has 122 valence electrons. The Hall–Kier alpha value is -2.26. The SMILES string of the molecule is C#CCSc1nc2ccccc2n1C(=O)c1sc2ccccc2c1Cl. The van der Waals surface area contributed by atoms with Crippen molar-refractivity contribution < 1.29 is 4.79 Å². The first-order valence-electron chi connectivity index (χ1n) is 7.46. The largest absolute Gasteiger partial charge is 0.276 e. The van der Waals surface area contributed by atoms with Gasteiger partial charge < -0.3 is 0 Å². The average Bonchev–Trinajstić information content (AvgIpc) is 3.17. The molecule has 0 saturated carbocycles. The summed E-state index contributed by atoms with van der Waals surface area (Å²) in [5.41, 5.74) is 1.51. The number of nitrogens with zero attached hydrogens (tertiary/aromatic N) is 2. The highest BCUT2D eigenvalue weighted by Gasteiger charge is 2.23. The standard InChI is InChI=1S/C19H11ClN2OS2/c1-2-11-24-19-21-13-8-4-5-9-14(13)22(19)18(23)17-16(20)12-7-3-6-10-15(12)25-17/h1,3-10H,11H2. The molecule has 0 radical (unpaired) electrons. The quantitative estimate of drug-likeness (QED) is 0.355. The molecule has 0 atom stereocenters. The highest BCUT2D eigenvalue weighted by Crippen LogP contribution is 2.37. The number of terminal acetylenes is 1. The van der Waals surface area contributed by atoms with Crippen LogP contribution in [0.3, 0.4) is 0 Å². The first-order valence-corrected chi connectivity index (χ1v) is 9.64. The molecule has 2 heterocycles. The van der Waals surface area contributed by atoms with Crippen LogP contribution in [0.1, 0.15) is 9.67 Å². The molecule has 0 fully saturated rings. The number of fused-ring (bicyclic) bond motifs is 2. The molecule has 0 spiro atoms. The molecule has 2 aromatic carbocycles. The van der Waals surface area contributed by atoms with E-state index in [1.165, 1.54) is 23.1 Å². The second-order valence-electron chi connectivity index (χ2n) is 5.26. The Morgan fingerprint density at radius 1 is 1.24 bits per heavy atom. The molecular weight excluding hydrogens is 372 g/mol. The molecule has 4 aromatic rings. The number of benzene rings is 2. The number of halogens is 1.